The average Bonchev–Trinajstić information content (AvgIpc) is 3.19. The van der Waals surface area contributed by atoms with Gasteiger partial charge in [-0.1, -0.05) is 35.5 Å². The van der Waals surface area contributed by atoms with Crippen molar-refractivity contribution in [2.75, 3.05) is 23.5 Å². The zero-order valence-electron chi connectivity index (χ0n) is 17.2. The molecular formula is C21H18ClF3N2O4S2. The predicted molar refractivity (Wildman–Crippen MR) is 122 cm³/mol. The number of sulfone groups is 1. The first-order valence-electron chi connectivity index (χ1n) is 9.74. The lowest BCUT2D eigenvalue weighted by Gasteiger charge is -2.25. The molecule has 0 saturated carbocycles. The molecular weight excluding hydrogens is 501 g/mol. The third-order valence-electron chi connectivity index (χ3n) is 5.33. The van der Waals surface area contributed by atoms with Crippen molar-refractivity contribution in [1.82, 2.24) is 0 Å². The Morgan fingerprint density at radius 2 is 1.91 bits per heavy atom. The molecule has 1 amide bonds. The third-order valence-corrected chi connectivity index (χ3v) is 8.87. The van der Waals surface area contributed by atoms with Crippen molar-refractivity contribution in [2.45, 2.75) is 23.9 Å². The molecule has 2 fully saturated rings. The van der Waals surface area contributed by atoms with Crippen molar-refractivity contribution in [3.63, 3.8) is 0 Å². The van der Waals surface area contributed by atoms with Gasteiger partial charge >= 0.3 is 6.18 Å². The van der Waals surface area contributed by atoms with Gasteiger partial charge < -0.3 is 9.64 Å². The summed E-state index contributed by atoms with van der Waals surface area (Å²) in [5, 5.41) is -0.732. The molecule has 0 aromatic heterocycles. The number of carbonyl (C=O) groups is 1. The molecule has 2 aliphatic heterocycles. The average molecular weight is 519 g/mol. The van der Waals surface area contributed by atoms with E-state index in [0.29, 0.717) is 11.3 Å². The molecule has 2 saturated heterocycles. The lowest BCUT2D eigenvalue weighted by molar-refractivity contribution is -0.137. The Hall–Kier alpha value is -2.24. The van der Waals surface area contributed by atoms with Crippen molar-refractivity contribution in [3.8, 4) is 5.75 Å². The van der Waals surface area contributed by atoms with Gasteiger partial charge in [0.15, 0.2) is 15.0 Å². The van der Waals surface area contributed by atoms with Crippen LogP contribution in [0.25, 0.3) is 0 Å². The Kier molecular flexibility index (Phi) is 6.41. The molecule has 0 bridgehead atoms. The zero-order chi connectivity index (χ0) is 24.0. The van der Waals surface area contributed by atoms with Crippen LogP contribution in [0, 0.1) is 0 Å². The topological polar surface area (TPSA) is 76.0 Å². The number of amidine groups is 1. The summed E-state index contributed by atoms with van der Waals surface area (Å²) >= 11 is 6.83. The number of anilines is 1. The van der Waals surface area contributed by atoms with Crippen molar-refractivity contribution in [2.24, 2.45) is 4.99 Å². The molecule has 176 valence electrons. The van der Waals surface area contributed by atoms with Gasteiger partial charge in [0.25, 0.3) is 5.91 Å². The van der Waals surface area contributed by atoms with Crippen LogP contribution in [0.2, 0.25) is 5.02 Å². The van der Waals surface area contributed by atoms with E-state index >= 15 is 0 Å². The van der Waals surface area contributed by atoms with E-state index in [4.69, 9.17) is 16.3 Å². The molecule has 0 spiro atoms. The van der Waals surface area contributed by atoms with E-state index in [2.05, 4.69) is 4.99 Å². The van der Waals surface area contributed by atoms with Gasteiger partial charge in [-0.3, -0.25) is 4.79 Å². The Bertz CT molecular complexity index is 1220. The summed E-state index contributed by atoms with van der Waals surface area (Å²) < 4.78 is 69.7. The summed E-state index contributed by atoms with van der Waals surface area (Å²) in [4.78, 5) is 18.2. The highest BCUT2D eigenvalue weighted by atomic mass is 35.5. The van der Waals surface area contributed by atoms with Gasteiger partial charge in [0.05, 0.1) is 41.7 Å². The number of aliphatic imine (C=N–C) groups is 1. The monoisotopic (exact) mass is 518 g/mol. The highest BCUT2D eigenvalue weighted by Gasteiger charge is 2.49. The number of benzene rings is 2. The van der Waals surface area contributed by atoms with E-state index in [1.54, 1.807) is 24.3 Å². The molecule has 0 radical (unpaired) electrons. The van der Waals surface area contributed by atoms with E-state index in [-0.39, 0.29) is 28.8 Å². The summed E-state index contributed by atoms with van der Waals surface area (Å²) in [5.41, 5.74) is -0.270. The highest BCUT2D eigenvalue weighted by molar-refractivity contribution is 8.16. The number of carbonyl (C=O) groups excluding carboxylic acids is 1. The van der Waals surface area contributed by atoms with Gasteiger partial charge in [0.1, 0.15) is 5.75 Å². The number of hydrogen-bond donors (Lipinski definition) is 0. The summed E-state index contributed by atoms with van der Waals surface area (Å²) in [5.74, 6) is -0.238. The lowest BCUT2D eigenvalue weighted by Crippen LogP contribution is -2.38. The minimum atomic E-state index is -4.69. The smallest absolute Gasteiger partial charge is 0.417 e. The fraction of sp³-hybridized carbons (Fsp3) is 0.333. The number of rotatable bonds is 4. The third kappa shape index (κ3) is 5.15. The van der Waals surface area contributed by atoms with Crippen molar-refractivity contribution in [1.29, 1.82) is 0 Å². The van der Waals surface area contributed by atoms with Crippen LogP contribution in [0.15, 0.2) is 47.5 Å². The Morgan fingerprint density at radius 3 is 2.55 bits per heavy atom. The highest BCUT2D eigenvalue weighted by Crippen LogP contribution is 2.43. The number of halogens is 4. The maximum absolute atomic E-state index is 13.4. The largest absolute Gasteiger partial charge is 0.497 e. The van der Waals surface area contributed by atoms with Gasteiger partial charge in [-0.2, -0.15) is 18.2 Å². The van der Waals surface area contributed by atoms with E-state index in [9.17, 15) is 26.4 Å². The summed E-state index contributed by atoms with van der Waals surface area (Å²) in [6.07, 6.45) is -4.72. The normalized spacial score (nSPS) is 23.1. The minimum Gasteiger partial charge on any atom is -0.497 e. The number of amides is 1. The molecule has 2 aromatic carbocycles. The summed E-state index contributed by atoms with van der Waals surface area (Å²) in [7, 11) is -1.84. The second-order valence-electron chi connectivity index (χ2n) is 7.65. The molecule has 2 heterocycles. The molecule has 2 atom stereocenters. The van der Waals surface area contributed by atoms with Crippen LogP contribution < -0.4 is 9.64 Å². The van der Waals surface area contributed by atoms with Gasteiger partial charge in [-0.15, -0.1) is 0 Å². The summed E-state index contributed by atoms with van der Waals surface area (Å²) in [6.45, 7) is 0. The van der Waals surface area contributed by atoms with Crippen molar-refractivity contribution >= 4 is 50.0 Å². The summed E-state index contributed by atoms with van der Waals surface area (Å²) in [6, 6.07) is 9.54. The van der Waals surface area contributed by atoms with Crippen molar-refractivity contribution < 1.29 is 31.1 Å². The van der Waals surface area contributed by atoms with Gasteiger partial charge in [-0.05, 0) is 35.9 Å². The first-order valence-corrected chi connectivity index (χ1v) is 12.8. The maximum atomic E-state index is 13.4. The van der Waals surface area contributed by atoms with E-state index in [0.717, 1.165) is 23.9 Å². The Balaban J connectivity index is 1.67. The van der Waals surface area contributed by atoms with Crippen LogP contribution in [0.1, 0.15) is 11.1 Å². The predicted octanol–water partition coefficient (Wildman–Crippen LogP) is 4.21. The Morgan fingerprint density at radius 1 is 1.21 bits per heavy atom. The zero-order valence-corrected chi connectivity index (χ0v) is 19.6. The first-order chi connectivity index (χ1) is 15.5. The van der Waals surface area contributed by atoms with Crippen LogP contribution >= 0.6 is 23.4 Å². The molecule has 0 aliphatic carbocycles. The van der Waals surface area contributed by atoms with E-state index in [1.807, 2.05) is 0 Å². The number of thioether (sulfide) groups is 1. The number of ether oxygens (including phenoxy) is 1. The maximum Gasteiger partial charge on any atom is 0.417 e. The SMILES string of the molecule is COc1ccc(CC(=O)N=C2S[C@H]3CS(=O)(=O)C[C@H]3N2c2ccc(Cl)c(C(F)(F)F)c2)cc1. The molecule has 2 aromatic rings. The van der Waals surface area contributed by atoms with Crippen LogP contribution in [0.4, 0.5) is 18.9 Å². The molecule has 0 unspecified atom stereocenters. The Labute approximate surface area is 197 Å². The second kappa shape index (κ2) is 8.84. The molecule has 6 nitrogen and oxygen atoms in total. The van der Waals surface area contributed by atoms with Crippen LogP contribution in [-0.4, -0.2) is 49.4 Å². The van der Waals surface area contributed by atoms with E-state index in [1.165, 1.54) is 18.1 Å². The molecule has 0 N–H and O–H groups in total. The standard InChI is InChI=1S/C21H18ClF3N2O4S2/c1-31-14-5-2-12(3-6-14)8-19(28)26-20-27(17-10-33(29,30)11-18(17)32-20)13-4-7-16(22)15(9-13)21(23,24)25/h2-7,9,17-18H,8,10-11H2,1H3/t17-,18+/m1/s1. The van der Waals surface area contributed by atoms with Crippen LogP contribution in [0.5, 0.6) is 5.75 Å². The quantitative estimate of drug-likeness (QED) is 0.603. The molecule has 4 rings (SSSR count). The number of alkyl halides is 3. The molecule has 2 aliphatic rings. The molecule has 33 heavy (non-hydrogen) atoms. The lowest BCUT2D eigenvalue weighted by atomic mass is 10.1. The van der Waals surface area contributed by atoms with Gasteiger partial charge in [0, 0.05) is 10.9 Å². The molecule has 12 heteroatoms. The van der Waals surface area contributed by atoms with Crippen molar-refractivity contribution in [3.05, 3.63) is 58.6 Å². The van der Waals surface area contributed by atoms with Gasteiger partial charge in [-0.25, -0.2) is 8.42 Å². The minimum absolute atomic E-state index is 0.0239. The number of fused-ring (bicyclic) bond motifs is 1. The van der Waals surface area contributed by atoms with Crippen LogP contribution in [0.3, 0.4) is 0 Å². The van der Waals surface area contributed by atoms with E-state index < -0.39 is 43.8 Å². The second-order valence-corrected chi connectivity index (χ2v) is 11.4. The first kappa shape index (κ1) is 23.9. The number of nitrogens with zero attached hydrogens (tertiary/aromatic N) is 2. The van der Waals surface area contributed by atoms with Gasteiger partial charge in [0.2, 0.25) is 0 Å². The number of methoxy groups -OCH3 is 1. The number of hydrogen-bond acceptors (Lipinski definition) is 5. The van der Waals surface area contributed by atoms with Crippen LogP contribution in [-0.2, 0) is 27.2 Å². The fourth-order valence-electron chi connectivity index (χ4n) is 3.81. The fourth-order valence-corrected chi connectivity index (χ4v) is 7.97.